The Bertz CT molecular complexity index is 582. The predicted octanol–water partition coefficient (Wildman–Crippen LogP) is 5.39. The van der Waals surface area contributed by atoms with Gasteiger partial charge in [0.1, 0.15) is 5.82 Å². The average Bonchev–Trinajstić information content (AvgIpc) is 2.24. The van der Waals surface area contributed by atoms with Crippen molar-refractivity contribution in [3.05, 3.63) is 57.0 Å². The van der Waals surface area contributed by atoms with Crippen molar-refractivity contribution in [3.8, 4) is 11.1 Å². The molecule has 0 saturated carbocycles. The number of rotatable bonds is 1. The molecule has 0 saturated heterocycles. The fourth-order valence-electron chi connectivity index (χ4n) is 1.41. The molecule has 0 aromatic heterocycles. The molecule has 0 N–H and O–H groups in total. The highest BCUT2D eigenvalue weighted by Gasteiger charge is 2.14. The molecule has 0 nitrogen and oxygen atoms in total. The zero-order chi connectivity index (χ0) is 12.6. The van der Waals surface area contributed by atoms with Crippen LogP contribution in [-0.4, -0.2) is 0 Å². The largest absolute Gasteiger partial charge is 0.206 e. The van der Waals surface area contributed by atoms with Crippen LogP contribution in [0.4, 0.5) is 8.78 Å². The topological polar surface area (TPSA) is 0 Å². The molecular weight excluding hydrogens is 288 g/mol. The third-order valence-electron chi connectivity index (χ3n) is 2.15. The summed E-state index contributed by atoms with van der Waals surface area (Å²) in [4.78, 5) is 0. The van der Waals surface area contributed by atoms with Crippen LogP contribution in [0.3, 0.4) is 0 Å². The quantitative estimate of drug-likeness (QED) is 0.618. The first-order valence-corrected chi connectivity index (χ1v) is 5.64. The molecule has 1 radical (unpaired) electrons. The number of halogens is 5. The fourth-order valence-corrected chi connectivity index (χ4v) is 2.11. The van der Waals surface area contributed by atoms with Crippen LogP contribution in [0.2, 0.25) is 15.1 Å². The third kappa shape index (κ3) is 2.54. The summed E-state index contributed by atoms with van der Waals surface area (Å²) < 4.78 is 26.9. The maximum atomic E-state index is 13.7. The molecule has 87 valence electrons. The molecule has 5 heteroatoms. The van der Waals surface area contributed by atoms with Gasteiger partial charge in [-0.1, -0.05) is 40.9 Å². The van der Waals surface area contributed by atoms with Gasteiger partial charge in [-0.25, -0.2) is 8.78 Å². The van der Waals surface area contributed by atoms with Gasteiger partial charge in [0.2, 0.25) is 0 Å². The van der Waals surface area contributed by atoms with Crippen LogP contribution in [0.15, 0.2) is 24.3 Å². The molecule has 2 aromatic rings. The lowest BCUT2D eigenvalue weighted by atomic mass is 10.0. The second-order valence-electron chi connectivity index (χ2n) is 3.28. The maximum Gasteiger partial charge on any atom is 0.150 e. The molecule has 0 unspecified atom stereocenters. The van der Waals surface area contributed by atoms with Crippen molar-refractivity contribution in [2.45, 2.75) is 0 Å². The highest BCUT2D eigenvalue weighted by molar-refractivity contribution is 6.36. The normalized spacial score (nSPS) is 10.6. The Kier molecular flexibility index (Phi) is 3.57. The Morgan fingerprint density at radius 1 is 0.941 bits per heavy atom. The summed E-state index contributed by atoms with van der Waals surface area (Å²) in [5.74, 6) is -1.52. The van der Waals surface area contributed by atoms with Gasteiger partial charge in [0.05, 0.1) is 5.02 Å². The van der Waals surface area contributed by atoms with E-state index in [-0.39, 0.29) is 10.6 Å². The van der Waals surface area contributed by atoms with Crippen molar-refractivity contribution in [2.24, 2.45) is 0 Å². The van der Waals surface area contributed by atoms with Crippen molar-refractivity contribution in [1.82, 2.24) is 0 Å². The van der Waals surface area contributed by atoms with Gasteiger partial charge >= 0.3 is 0 Å². The third-order valence-corrected chi connectivity index (χ3v) is 2.96. The standard InChI is InChI=1S/C12H4Cl3F2/c13-6-1-2-8(10(14)3-6)9-4-7(16)5-11(15)12(9)17/h1-4H. The van der Waals surface area contributed by atoms with E-state index < -0.39 is 16.7 Å². The summed E-state index contributed by atoms with van der Waals surface area (Å²) in [6.45, 7) is 0. The molecule has 0 aliphatic carbocycles. The van der Waals surface area contributed by atoms with E-state index >= 15 is 0 Å². The van der Waals surface area contributed by atoms with Crippen molar-refractivity contribution >= 4 is 34.8 Å². The predicted molar refractivity (Wildman–Crippen MR) is 65.7 cm³/mol. The van der Waals surface area contributed by atoms with E-state index in [2.05, 4.69) is 0 Å². The van der Waals surface area contributed by atoms with Crippen LogP contribution in [0.1, 0.15) is 0 Å². The Hall–Kier alpha value is -0.830. The van der Waals surface area contributed by atoms with Gasteiger partial charge in [-0.15, -0.1) is 0 Å². The van der Waals surface area contributed by atoms with E-state index in [0.717, 1.165) is 6.07 Å². The minimum Gasteiger partial charge on any atom is -0.206 e. The first-order valence-electron chi connectivity index (χ1n) is 4.51. The van der Waals surface area contributed by atoms with Gasteiger partial charge < -0.3 is 0 Å². The molecule has 0 spiro atoms. The van der Waals surface area contributed by atoms with Gasteiger partial charge in [0.15, 0.2) is 5.82 Å². The van der Waals surface area contributed by atoms with Gasteiger partial charge in [-0.05, 0) is 18.2 Å². The van der Waals surface area contributed by atoms with E-state index in [4.69, 9.17) is 34.8 Å². The number of hydrogen-bond donors (Lipinski definition) is 0. The highest BCUT2D eigenvalue weighted by Crippen LogP contribution is 2.34. The van der Waals surface area contributed by atoms with Gasteiger partial charge in [-0.2, -0.15) is 0 Å². The van der Waals surface area contributed by atoms with Gasteiger partial charge in [-0.3, -0.25) is 0 Å². The van der Waals surface area contributed by atoms with Crippen LogP contribution >= 0.6 is 34.8 Å². The molecule has 0 amide bonds. The molecule has 0 aliphatic heterocycles. The minimum atomic E-state index is -0.766. The van der Waals surface area contributed by atoms with Crippen LogP contribution < -0.4 is 0 Å². The van der Waals surface area contributed by atoms with Crippen molar-refractivity contribution in [3.63, 3.8) is 0 Å². The van der Waals surface area contributed by atoms with E-state index in [0.29, 0.717) is 10.6 Å². The van der Waals surface area contributed by atoms with Crippen LogP contribution in [0.5, 0.6) is 0 Å². The average molecular weight is 293 g/mol. The van der Waals surface area contributed by atoms with Crippen LogP contribution in [0.25, 0.3) is 11.1 Å². The van der Waals surface area contributed by atoms with Gasteiger partial charge in [0.25, 0.3) is 0 Å². The lowest BCUT2D eigenvalue weighted by Gasteiger charge is -2.07. The van der Waals surface area contributed by atoms with E-state index in [1.807, 2.05) is 6.07 Å². The van der Waals surface area contributed by atoms with Crippen molar-refractivity contribution in [2.75, 3.05) is 0 Å². The highest BCUT2D eigenvalue weighted by atomic mass is 35.5. The molecular formula is C12H4Cl3F2. The summed E-state index contributed by atoms with van der Waals surface area (Å²) in [6.07, 6.45) is 0. The van der Waals surface area contributed by atoms with E-state index in [1.165, 1.54) is 18.2 Å². The molecule has 0 fully saturated rings. The molecule has 2 rings (SSSR count). The summed E-state index contributed by atoms with van der Waals surface area (Å²) >= 11 is 17.1. The molecule has 0 bridgehead atoms. The zero-order valence-electron chi connectivity index (χ0n) is 8.20. The van der Waals surface area contributed by atoms with Gasteiger partial charge in [0, 0.05) is 27.2 Å². The summed E-state index contributed by atoms with van der Waals surface area (Å²) in [5, 5.41) is 0.220. The first kappa shape index (κ1) is 12.6. The summed E-state index contributed by atoms with van der Waals surface area (Å²) in [6, 6.07) is 7.49. The van der Waals surface area contributed by atoms with Crippen molar-refractivity contribution in [1.29, 1.82) is 0 Å². The second-order valence-corrected chi connectivity index (χ2v) is 4.50. The van der Waals surface area contributed by atoms with E-state index in [9.17, 15) is 8.78 Å². The number of hydrogen-bond acceptors (Lipinski definition) is 0. The Balaban J connectivity index is 2.68. The minimum absolute atomic E-state index is 0.0204. The lowest BCUT2D eigenvalue weighted by molar-refractivity contribution is 0.601. The maximum absolute atomic E-state index is 13.7. The monoisotopic (exact) mass is 291 g/mol. The SMILES string of the molecule is Fc1[c]c(Cl)c(F)c(-c2ccc(Cl)cc2Cl)c1. The molecule has 2 aromatic carbocycles. The number of benzene rings is 2. The molecule has 0 aliphatic rings. The second kappa shape index (κ2) is 4.81. The van der Waals surface area contributed by atoms with Crippen LogP contribution in [-0.2, 0) is 0 Å². The first-order chi connectivity index (χ1) is 7.99. The molecule has 17 heavy (non-hydrogen) atoms. The molecule has 0 heterocycles. The smallest absolute Gasteiger partial charge is 0.150 e. The van der Waals surface area contributed by atoms with Crippen molar-refractivity contribution < 1.29 is 8.78 Å². The zero-order valence-corrected chi connectivity index (χ0v) is 10.5. The molecule has 0 atom stereocenters. The Morgan fingerprint density at radius 3 is 2.29 bits per heavy atom. The lowest BCUT2D eigenvalue weighted by Crippen LogP contribution is -1.90. The van der Waals surface area contributed by atoms with E-state index in [1.54, 1.807) is 0 Å². The Morgan fingerprint density at radius 2 is 1.65 bits per heavy atom. The van der Waals surface area contributed by atoms with Crippen LogP contribution in [0, 0.1) is 17.7 Å². The fraction of sp³-hybridized carbons (Fsp3) is 0. The Labute approximate surface area is 112 Å². The summed E-state index contributed by atoms with van der Waals surface area (Å²) in [7, 11) is 0. The summed E-state index contributed by atoms with van der Waals surface area (Å²) in [5.41, 5.74) is 0.302.